The lowest BCUT2D eigenvalue weighted by Crippen LogP contribution is -2.32. The molecule has 1 aliphatic rings. The van der Waals surface area contributed by atoms with Gasteiger partial charge in [0.15, 0.2) is 0 Å². The minimum atomic E-state index is -1.06. The average Bonchev–Trinajstić information content (AvgIpc) is 2.71. The van der Waals surface area contributed by atoms with E-state index in [0.717, 1.165) is 0 Å². The van der Waals surface area contributed by atoms with Crippen molar-refractivity contribution in [1.29, 1.82) is 0 Å². The number of hydrogen-bond donors (Lipinski definition) is 1. The van der Waals surface area contributed by atoms with Crippen molar-refractivity contribution in [1.82, 2.24) is 0 Å². The molecule has 2 rings (SSSR count). The van der Waals surface area contributed by atoms with Crippen LogP contribution in [0.25, 0.3) is 0 Å². The van der Waals surface area contributed by atoms with Crippen LogP contribution in [0.3, 0.4) is 0 Å². The zero-order valence-corrected chi connectivity index (χ0v) is 8.53. The van der Waals surface area contributed by atoms with Crippen molar-refractivity contribution < 1.29 is 19.2 Å². The maximum atomic E-state index is 10.8. The Balaban J connectivity index is 2.33. The molecule has 0 spiro atoms. The van der Waals surface area contributed by atoms with Gasteiger partial charge in [0.05, 0.1) is 23.8 Å². The highest BCUT2D eigenvalue weighted by molar-refractivity contribution is 6.62. The summed E-state index contributed by atoms with van der Waals surface area (Å²) >= 11 is 5.74. The van der Waals surface area contributed by atoms with Crippen LogP contribution in [0.1, 0.15) is 10.4 Å². The first-order chi connectivity index (χ1) is 7.18. The van der Waals surface area contributed by atoms with Crippen LogP contribution in [0, 0.1) is 0 Å². The summed E-state index contributed by atoms with van der Waals surface area (Å²) in [7, 11) is -0.472. The fourth-order valence-electron chi connectivity index (χ4n) is 1.40. The average molecular weight is 226 g/mol. The Morgan fingerprint density at radius 2 is 2.07 bits per heavy atom. The van der Waals surface area contributed by atoms with Crippen LogP contribution in [-0.2, 0) is 9.31 Å². The molecule has 0 amide bonds. The first-order valence-corrected chi connectivity index (χ1v) is 4.82. The van der Waals surface area contributed by atoms with Gasteiger partial charge < -0.3 is 14.4 Å². The predicted molar refractivity (Wildman–Crippen MR) is 55.7 cm³/mol. The van der Waals surface area contributed by atoms with Gasteiger partial charge in [0.1, 0.15) is 0 Å². The summed E-state index contributed by atoms with van der Waals surface area (Å²) in [4.78, 5) is 10.8. The maximum absolute atomic E-state index is 10.8. The fraction of sp³-hybridized carbons (Fsp3) is 0.222. The van der Waals surface area contributed by atoms with Gasteiger partial charge in [0.2, 0.25) is 0 Å². The molecule has 1 aromatic rings. The van der Waals surface area contributed by atoms with Gasteiger partial charge in [-0.2, -0.15) is 0 Å². The van der Waals surface area contributed by atoms with Crippen LogP contribution in [0.2, 0.25) is 5.02 Å². The van der Waals surface area contributed by atoms with Crippen molar-refractivity contribution in [2.45, 2.75) is 0 Å². The van der Waals surface area contributed by atoms with Gasteiger partial charge in [-0.1, -0.05) is 17.7 Å². The van der Waals surface area contributed by atoms with Crippen LogP contribution in [-0.4, -0.2) is 31.4 Å². The molecule has 1 heterocycles. The van der Waals surface area contributed by atoms with E-state index in [4.69, 9.17) is 26.0 Å². The number of carboxylic acid groups (broad SMARTS) is 1. The molecule has 6 heteroatoms. The first kappa shape index (κ1) is 10.5. The highest BCUT2D eigenvalue weighted by Gasteiger charge is 2.27. The summed E-state index contributed by atoms with van der Waals surface area (Å²) in [6.45, 7) is 1.05. The quantitative estimate of drug-likeness (QED) is 0.757. The van der Waals surface area contributed by atoms with E-state index in [1.54, 1.807) is 6.07 Å². The van der Waals surface area contributed by atoms with Crippen molar-refractivity contribution >= 4 is 30.2 Å². The summed E-state index contributed by atoms with van der Waals surface area (Å²) in [5.74, 6) is -1.06. The molecule has 15 heavy (non-hydrogen) atoms. The second-order valence-corrected chi connectivity index (χ2v) is 3.53. The molecule has 0 aliphatic carbocycles. The Kier molecular flexibility index (Phi) is 2.95. The van der Waals surface area contributed by atoms with Crippen LogP contribution in [0.15, 0.2) is 18.2 Å². The normalized spacial score (nSPS) is 15.7. The zero-order chi connectivity index (χ0) is 10.8. The number of rotatable bonds is 2. The molecule has 78 valence electrons. The van der Waals surface area contributed by atoms with Gasteiger partial charge in [-0.05, 0) is 17.6 Å². The predicted octanol–water partition coefficient (Wildman–Crippen LogP) is 0.780. The second-order valence-electron chi connectivity index (χ2n) is 3.12. The van der Waals surface area contributed by atoms with Crippen molar-refractivity contribution in [2.24, 2.45) is 0 Å². The van der Waals surface area contributed by atoms with Crippen LogP contribution in [0.5, 0.6) is 0 Å². The molecule has 1 saturated heterocycles. The largest absolute Gasteiger partial charge is 0.494 e. The van der Waals surface area contributed by atoms with Gasteiger partial charge in [-0.3, -0.25) is 0 Å². The summed E-state index contributed by atoms with van der Waals surface area (Å²) < 4.78 is 10.5. The van der Waals surface area contributed by atoms with Crippen molar-refractivity contribution in [3.63, 3.8) is 0 Å². The Bertz CT molecular complexity index is 390. The van der Waals surface area contributed by atoms with Crippen LogP contribution in [0.4, 0.5) is 0 Å². The van der Waals surface area contributed by atoms with Crippen LogP contribution >= 0.6 is 11.6 Å². The Morgan fingerprint density at radius 1 is 1.40 bits per heavy atom. The standard InChI is InChI=1S/C9H8BClO4/c11-8-2-1-6(5-7(8)9(12)13)10-14-3-4-15-10/h1-2,5H,3-4H2,(H,12,13). The molecule has 1 aromatic carbocycles. The molecule has 1 aliphatic heterocycles. The van der Waals surface area contributed by atoms with E-state index in [9.17, 15) is 4.79 Å². The summed E-state index contributed by atoms with van der Waals surface area (Å²) in [6, 6.07) is 4.71. The SMILES string of the molecule is O=C(O)c1cc(B2OCCO2)ccc1Cl. The third kappa shape index (κ3) is 2.14. The number of carboxylic acids is 1. The highest BCUT2D eigenvalue weighted by atomic mass is 35.5. The topological polar surface area (TPSA) is 55.8 Å². The fourth-order valence-corrected chi connectivity index (χ4v) is 1.60. The number of benzene rings is 1. The Morgan fingerprint density at radius 3 is 2.67 bits per heavy atom. The third-order valence-electron chi connectivity index (χ3n) is 2.11. The monoisotopic (exact) mass is 226 g/mol. The van der Waals surface area contributed by atoms with E-state index in [-0.39, 0.29) is 10.6 Å². The van der Waals surface area contributed by atoms with Crippen LogP contribution < -0.4 is 5.46 Å². The molecular formula is C9H8BClO4. The van der Waals surface area contributed by atoms with E-state index in [1.807, 2.05) is 0 Å². The van der Waals surface area contributed by atoms with E-state index in [2.05, 4.69) is 0 Å². The first-order valence-electron chi connectivity index (χ1n) is 4.44. The maximum Gasteiger partial charge on any atom is 0.494 e. The van der Waals surface area contributed by atoms with Gasteiger partial charge >= 0.3 is 13.1 Å². The number of aromatic carboxylic acids is 1. The van der Waals surface area contributed by atoms with Gasteiger partial charge in [0, 0.05) is 0 Å². The molecule has 4 nitrogen and oxygen atoms in total. The Hall–Kier alpha value is -1.04. The highest BCUT2D eigenvalue weighted by Crippen LogP contribution is 2.14. The van der Waals surface area contributed by atoms with Gasteiger partial charge in [0.25, 0.3) is 0 Å². The molecule has 0 bridgehead atoms. The molecule has 0 atom stereocenters. The van der Waals surface area contributed by atoms with Crippen molar-refractivity contribution in [2.75, 3.05) is 13.2 Å². The van der Waals surface area contributed by atoms with Crippen molar-refractivity contribution in [3.8, 4) is 0 Å². The van der Waals surface area contributed by atoms with E-state index in [0.29, 0.717) is 18.7 Å². The summed E-state index contributed by atoms with van der Waals surface area (Å²) in [6.07, 6.45) is 0. The minimum Gasteiger partial charge on any atom is -0.478 e. The van der Waals surface area contributed by atoms with Gasteiger partial charge in [-0.15, -0.1) is 0 Å². The molecule has 1 N–H and O–H groups in total. The lowest BCUT2D eigenvalue weighted by molar-refractivity contribution is 0.0697. The smallest absolute Gasteiger partial charge is 0.478 e. The molecular weight excluding hydrogens is 218 g/mol. The third-order valence-corrected chi connectivity index (χ3v) is 2.44. The zero-order valence-electron chi connectivity index (χ0n) is 7.77. The minimum absolute atomic E-state index is 0.0632. The second kappa shape index (κ2) is 4.22. The number of hydrogen-bond acceptors (Lipinski definition) is 3. The van der Waals surface area contributed by atoms with E-state index in [1.165, 1.54) is 12.1 Å². The van der Waals surface area contributed by atoms with E-state index < -0.39 is 13.1 Å². The lowest BCUT2D eigenvalue weighted by Gasteiger charge is -2.06. The lowest BCUT2D eigenvalue weighted by atomic mass is 9.79. The molecule has 0 saturated carbocycles. The number of halogens is 1. The number of carbonyl (C=O) groups is 1. The molecule has 1 fully saturated rings. The summed E-state index contributed by atoms with van der Waals surface area (Å²) in [5.41, 5.74) is 0.738. The van der Waals surface area contributed by atoms with E-state index >= 15 is 0 Å². The Labute approximate surface area is 91.9 Å². The summed E-state index contributed by atoms with van der Waals surface area (Å²) in [5, 5.41) is 9.08. The molecule has 0 unspecified atom stereocenters. The molecule has 0 aromatic heterocycles. The van der Waals surface area contributed by atoms with Crippen molar-refractivity contribution in [3.05, 3.63) is 28.8 Å². The molecule has 0 radical (unpaired) electrons. The van der Waals surface area contributed by atoms with Gasteiger partial charge in [-0.25, -0.2) is 4.79 Å².